The first-order chi connectivity index (χ1) is 13.6. The van der Waals surface area contributed by atoms with Crippen LogP contribution in [0.1, 0.15) is 34.3 Å². The van der Waals surface area contributed by atoms with Crippen molar-refractivity contribution in [1.29, 1.82) is 0 Å². The molecule has 6 heteroatoms. The van der Waals surface area contributed by atoms with Crippen LogP contribution in [-0.4, -0.2) is 43.0 Å². The highest BCUT2D eigenvalue weighted by molar-refractivity contribution is 5.94. The highest BCUT2D eigenvalue weighted by Crippen LogP contribution is 2.14. The summed E-state index contributed by atoms with van der Waals surface area (Å²) in [4.78, 5) is 26.2. The molecule has 0 bridgehead atoms. The molecular weight excluding hydrogens is 352 g/mol. The van der Waals surface area contributed by atoms with E-state index < -0.39 is 0 Å². The van der Waals surface area contributed by atoms with Crippen molar-refractivity contribution in [3.63, 3.8) is 0 Å². The van der Waals surface area contributed by atoms with Crippen molar-refractivity contribution in [3.8, 4) is 0 Å². The van der Waals surface area contributed by atoms with E-state index in [0.29, 0.717) is 12.1 Å². The lowest BCUT2D eigenvalue weighted by Crippen LogP contribution is -2.44. The normalized spacial score (nSPS) is 15.0. The quantitative estimate of drug-likeness (QED) is 0.721. The third-order valence-corrected chi connectivity index (χ3v) is 5.07. The van der Waals surface area contributed by atoms with E-state index in [9.17, 15) is 9.59 Å². The van der Waals surface area contributed by atoms with Crippen LogP contribution in [0.3, 0.4) is 0 Å². The number of urea groups is 1. The van der Waals surface area contributed by atoms with Gasteiger partial charge in [0.2, 0.25) is 0 Å². The summed E-state index contributed by atoms with van der Waals surface area (Å²) in [5.41, 5.74) is 2.93. The second-order valence-electron chi connectivity index (χ2n) is 7.14. The van der Waals surface area contributed by atoms with Crippen molar-refractivity contribution in [2.45, 2.75) is 32.0 Å². The maximum atomic E-state index is 12.5. The molecule has 28 heavy (non-hydrogen) atoms. The molecule has 2 aromatic rings. The third-order valence-electron chi connectivity index (χ3n) is 5.07. The molecule has 3 rings (SSSR count). The number of hydrogen-bond acceptors (Lipinski definition) is 3. The van der Waals surface area contributed by atoms with Gasteiger partial charge in [0.25, 0.3) is 5.91 Å². The topological polar surface area (TPSA) is 73.5 Å². The number of nitrogens with zero attached hydrogens (tertiary/aromatic N) is 1. The lowest BCUT2D eigenvalue weighted by Gasteiger charge is -2.32. The molecule has 1 heterocycles. The Morgan fingerprint density at radius 3 is 2.29 bits per heavy atom. The molecule has 1 fully saturated rings. The monoisotopic (exact) mass is 380 g/mol. The number of carbonyl (C=O) groups excluding carboxylic acids is 2. The second kappa shape index (κ2) is 9.90. The van der Waals surface area contributed by atoms with Crippen LogP contribution in [0.25, 0.3) is 0 Å². The number of benzene rings is 2. The van der Waals surface area contributed by atoms with Gasteiger partial charge in [-0.1, -0.05) is 42.5 Å². The molecule has 0 aliphatic carbocycles. The lowest BCUT2D eigenvalue weighted by atomic mass is 10.0. The Morgan fingerprint density at radius 2 is 1.64 bits per heavy atom. The van der Waals surface area contributed by atoms with Gasteiger partial charge in [-0.25, -0.2) is 4.79 Å². The maximum absolute atomic E-state index is 12.5. The summed E-state index contributed by atoms with van der Waals surface area (Å²) in [5, 5.41) is 8.39. The van der Waals surface area contributed by atoms with Crippen molar-refractivity contribution in [3.05, 3.63) is 71.3 Å². The van der Waals surface area contributed by atoms with Crippen LogP contribution < -0.4 is 16.0 Å². The van der Waals surface area contributed by atoms with E-state index in [4.69, 9.17) is 0 Å². The van der Waals surface area contributed by atoms with E-state index in [1.165, 1.54) is 5.56 Å². The molecule has 0 aromatic heterocycles. The first-order valence-corrected chi connectivity index (χ1v) is 9.75. The number of likely N-dealkylation sites (tertiary alicyclic amines) is 1. The van der Waals surface area contributed by atoms with Crippen LogP contribution in [0, 0.1) is 0 Å². The molecule has 0 radical (unpaired) electrons. The molecule has 0 unspecified atom stereocenters. The molecule has 0 atom stereocenters. The Balaban J connectivity index is 1.43. The number of amides is 3. The van der Waals surface area contributed by atoms with Gasteiger partial charge >= 0.3 is 6.03 Å². The van der Waals surface area contributed by atoms with Crippen molar-refractivity contribution in [2.24, 2.45) is 0 Å². The molecule has 1 aliphatic heterocycles. The van der Waals surface area contributed by atoms with Gasteiger partial charge in [0.05, 0.1) is 0 Å². The van der Waals surface area contributed by atoms with E-state index in [1.54, 1.807) is 19.2 Å². The minimum atomic E-state index is -0.222. The Kier molecular flexibility index (Phi) is 7.03. The highest BCUT2D eigenvalue weighted by atomic mass is 16.2. The summed E-state index contributed by atoms with van der Waals surface area (Å²) >= 11 is 0. The Labute approximate surface area is 166 Å². The van der Waals surface area contributed by atoms with Gasteiger partial charge in [-0.05, 0) is 36.1 Å². The standard InChI is InChI=1S/C22H28N4O2/c1-23-22(28)24-15-17-7-9-19(10-8-17)21(27)25-20-11-13-26(14-12-20)16-18-5-3-2-4-6-18/h2-10,20H,11-16H2,1H3,(H,25,27)(H2,23,24,28). The van der Waals surface area contributed by atoms with Gasteiger partial charge < -0.3 is 16.0 Å². The zero-order valence-electron chi connectivity index (χ0n) is 16.3. The van der Waals surface area contributed by atoms with E-state index in [-0.39, 0.29) is 18.0 Å². The van der Waals surface area contributed by atoms with Crippen molar-refractivity contribution >= 4 is 11.9 Å². The summed E-state index contributed by atoms with van der Waals surface area (Å²) in [6, 6.07) is 17.8. The van der Waals surface area contributed by atoms with E-state index in [2.05, 4.69) is 45.1 Å². The van der Waals surface area contributed by atoms with Crippen LogP contribution in [0.2, 0.25) is 0 Å². The van der Waals surface area contributed by atoms with Gasteiger partial charge in [0.1, 0.15) is 0 Å². The molecule has 0 spiro atoms. The highest BCUT2D eigenvalue weighted by Gasteiger charge is 2.21. The van der Waals surface area contributed by atoms with Crippen LogP contribution in [-0.2, 0) is 13.1 Å². The number of carbonyl (C=O) groups is 2. The zero-order valence-corrected chi connectivity index (χ0v) is 16.3. The number of piperidine rings is 1. The predicted molar refractivity (Wildman–Crippen MR) is 110 cm³/mol. The SMILES string of the molecule is CNC(=O)NCc1ccc(C(=O)NC2CCN(Cc3ccccc3)CC2)cc1. The Bertz CT molecular complexity index is 769. The minimum Gasteiger partial charge on any atom is -0.349 e. The van der Waals surface area contributed by atoms with Crippen LogP contribution in [0.4, 0.5) is 4.79 Å². The molecule has 1 aliphatic rings. The van der Waals surface area contributed by atoms with Crippen LogP contribution in [0.15, 0.2) is 54.6 Å². The van der Waals surface area contributed by atoms with Gasteiger partial charge in [0, 0.05) is 44.8 Å². The third kappa shape index (κ3) is 5.82. The van der Waals surface area contributed by atoms with E-state index in [1.807, 2.05) is 18.2 Å². The van der Waals surface area contributed by atoms with Crippen LogP contribution >= 0.6 is 0 Å². The Hall–Kier alpha value is -2.86. The summed E-state index contributed by atoms with van der Waals surface area (Å²) in [6.07, 6.45) is 1.93. The van der Waals surface area contributed by atoms with Crippen molar-refractivity contribution in [2.75, 3.05) is 20.1 Å². The minimum absolute atomic E-state index is 0.0349. The average molecular weight is 380 g/mol. The summed E-state index contributed by atoms with van der Waals surface area (Å²) < 4.78 is 0. The number of rotatable bonds is 6. The number of hydrogen-bond donors (Lipinski definition) is 3. The molecule has 1 saturated heterocycles. The summed E-state index contributed by atoms with van der Waals surface area (Å²) in [5.74, 6) is -0.0349. The molecular formula is C22H28N4O2. The smallest absolute Gasteiger partial charge is 0.314 e. The number of nitrogens with one attached hydrogen (secondary N) is 3. The molecule has 3 amide bonds. The summed E-state index contributed by atoms with van der Waals surface area (Å²) in [6.45, 7) is 3.38. The fourth-order valence-corrected chi connectivity index (χ4v) is 3.39. The van der Waals surface area contributed by atoms with Gasteiger partial charge in [-0.2, -0.15) is 0 Å². The van der Waals surface area contributed by atoms with Gasteiger partial charge in [-0.15, -0.1) is 0 Å². The van der Waals surface area contributed by atoms with Crippen LogP contribution in [0.5, 0.6) is 0 Å². The van der Waals surface area contributed by atoms with E-state index >= 15 is 0 Å². The van der Waals surface area contributed by atoms with Crippen molar-refractivity contribution in [1.82, 2.24) is 20.9 Å². The predicted octanol–water partition coefficient (Wildman–Crippen LogP) is 2.51. The van der Waals surface area contributed by atoms with E-state index in [0.717, 1.165) is 38.0 Å². The molecule has 6 nitrogen and oxygen atoms in total. The Morgan fingerprint density at radius 1 is 0.964 bits per heavy atom. The van der Waals surface area contributed by atoms with Gasteiger partial charge in [0.15, 0.2) is 0 Å². The maximum Gasteiger partial charge on any atom is 0.314 e. The fourth-order valence-electron chi connectivity index (χ4n) is 3.39. The summed E-state index contributed by atoms with van der Waals surface area (Å²) in [7, 11) is 1.58. The molecule has 3 N–H and O–H groups in total. The molecule has 148 valence electrons. The first-order valence-electron chi connectivity index (χ1n) is 9.75. The fraction of sp³-hybridized carbons (Fsp3) is 0.364. The average Bonchev–Trinajstić information content (AvgIpc) is 2.74. The lowest BCUT2D eigenvalue weighted by molar-refractivity contribution is 0.0909. The molecule has 2 aromatic carbocycles. The molecule has 0 saturated carbocycles. The zero-order chi connectivity index (χ0) is 19.8. The van der Waals surface area contributed by atoms with Gasteiger partial charge in [-0.3, -0.25) is 9.69 Å². The van der Waals surface area contributed by atoms with Crippen molar-refractivity contribution < 1.29 is 9.59 Å². The largest absolute Gasteiger partial charge is 0.349 e. The second-order valence-corrected chi connectivity index (χ2v) is 7.14. The first kappa shape index (κ1) is 19.9.